The molecule has 6 nitrogen and oxygen atoms in total. The third kappa shape index (κ3) is 3.03. The molecule has 0 unspecified atom stereocenters. The minimum atomic E-state index is -0.327. The fourth-order valence-electron chi connectivity index (χ4n) is 4.06. The lowest BCUT2D eigenvalue weighted by Crippen LogP contribution is -2.30. The van der Waals surface area contributed by atoms with Gasteiger partial charge in [0.2, 0.25) is 0 Å². The molecule has 2 aliphatic heterocycles. The number of hydrogen-bond acceptors (Lipinski definition) is 6. The molecule has 0 bridgehead atoms. The van der Waals surface area contributed by atoms with E-state index in [2.05, 4.69) is 26.8 Å². The second-order valence-corrected chi connectivity index (χ2v) is 8.42. The van der Waals surface area contributed by atoms with Gasteiger partial charge < -0.3 is 15.4 Å². The zero-order valence-corrected chi connectivity index (χ0v) is 16.2. The molecule has 1 aliphatic carbocycles. The standard InChI is InChI=1S/C21H24FN5O/c1-12-5-14(23)10-27(12)19-8-17(25-11-26-19)20-15-7-18(28-21(2)3-4-21)16(22)6-13(15)9-24-20/h6-8,11-12,14H,3-5,9-10,23H2,1-2H3/t12-,14+/m0/s1. The monoisotopic (exact) mass is 381 g/mol. The van der Waals surface area contributed by atoms with Gasteiger partial charge in [0.1, 0.15) is 17.7 Å². The van der Waals surface area contributed by atoms with Gasteiger partial charge in [-0.25, -0.2) is 14.4 Å². The molecule has 1 saturated carbocycles. The van der Waals surface area contributed by atoms with Crippen LogP contribution in [0, 0.1) is 5.82 Å². The molecule has 2 aromatic rings. The Bertz CT molecular complexity index is 971. The smallest absolute Gasteiger partial charge is 0.165 e. The first kappa shape index (κ1) is 17.6. The first-order chi connectivity index (χ1) is 13.4. The van der Waals surface area contributed by atoms with Crippen LogP contribution < -0.4 is 15.4 Å². The van der Waals surface area contributed by atoms with E-state index in [4.69, 9.17) is 10.5 Å². The number of nitrogens with zero attached hydrogens (tertiary/aromatic N) is 4. The summed E-state index contributed by atoms with van der Waals surface area (Å²) < 4.78 is 20.4. The number of aliphatic imine (C=N–C) groups is 1. The Labute approximate surface area is 163 Å². The summed E-state index contributed by atoms with van der Waals surface area (Å²) in [5.74, 6) is 0.819. The lowest BCUT2D eigenvalue weighted by Gasteiger charge is -2.22. The molecule has 5 rings (SSSR count). The predicted octanol–water partition coefficient (Wildman–Crippen LogP) is 2.82. The van der Waals surface area contributed by atoms with Crippen LogP contribution in [0.15, 0.2) is 29.5 Å². The maximum absolute atomic E-state index is 14.5. The van der Waals surface area contributed by atoms with Gasteiger partial charge in [0.15, 0.2) is 11.6 Å². The lowest BCUT2D eigenvalue weighted by molar-refractivity contribution is 0.191. The van der Waals surface area contributed by atoms with Crippen molar-refractivity contribution < 1.29 is 9.13 Å². The van der Waals surface area contributed by atoms with Crippen LogP contribution in [0.5, 0.6) is 5.75 Å². The van der Waals surface area contributed by atoms with Crippen molar-refractivity contribution in [1.82, 2.24) is 9.97 Å². The van der Waals surface area contributed by atoms with E-state index >= 15 is 0 Å². The molecule has 146 valence electrons. The normalized spacial score (nSPS) is 24.9. The third-order valence-corrected chi connectivity index (χ3v) is 5.93. The maximum Gasteiger partial charge on any atom is 0.165 e. The fourth-order valence-corrected chi connectivity index (χ4v) is 4.06. The fraction of sp³-hybridized carbons (Fsp3) is 0.476. The quantitative estimate of drug-likeness (QED) is 0.881. The Morgan fingerprint density at radius 2 is 2.07 bits per heavy atom. The Hall–Kier alpha value is -2.54. The summed E-state index contributed by atoms with van der Waals surface area (Å²) in [6.07, 6.45) is 4.42. The van der Waals surface area contributed by atoms with Crippen LogP contribution in [0.1, 0.15) is 49.9 Å². The average Bonchev–Trinajstić information content (AvgIpc) is 3.08. The molecule has 28 heavy (non-hydrogen) atoms. The summed E-state index contributed by atoms with van der Waals surface area (Å²) in [6.45, 7) is 5.39. The van der Waals surface area contributed by atoms with Crippen LogP contribution in [0.2, 0.25) is 0 Å². The molecule has 1 aromatic heterocycles. The number of anilines is 1. The number of nitrogens with two attached hydrogens (primary N) is 1. The van der Waals surface area contributed by atoms with Gasteiger partial charge in [-0.15, -0.1) is 0 Å². The second-order valence-electron chi connectivity index (χ2n) is 8.42. The molecular weight excluding hydrogens is 357 g/mol. The number of fused-ring (bicyclic) bond motifs is 1. The first-order valence-electron chi connectivity index (χ1n) is 9.83. The Morgan fingerprint density at radius 3 is 2.79 bits per heavy atom. The highest BCUT2D eigenvalue weighted by atomic mass is 19.1. The Balaban J connectivity index is 1.48. The van der Waals surface area contributed by atoms with Crippen LogP contribution in [-0.4, -0.2) is 39.9 Å². The molecule has 2 fully saturated rings. The molecule has 1 aromatic carbocycles. The van der Waals surface area contributed by atoms with Crippen LogP contribution in [0.3, 0.4) is 0 Å². The van der Waals surface area contributed by atoms with E-state index in [1.54, 1.807) is 12.4 Å². The summed E-state index contributed by atoms with van der Waals surface area (Å²) in [6, 6.07) is 5.76. The second kappa shape index (κ2) is 6.24. The Morgan fingerprint density at radius 1 is 1.25 bits per heavy atom. The first-order valence-corrected chi connectivity index (χ1v) is 9.83. The van der Waals surface area contributed by atoms with E-state index in [9.17, 15) is 4.39 Å². The van der Waals surface area contributed by atoms with Gasteiger partial charge in [0.25, 0.3) is 0 Å². The van der Waals surface area contributed by atoms with Crippen LogP contribution in [-0.2, 0) is 6.54 Å². The van der Waals surface area contributed by atoms with Gasteiger partial charge in [-0.1, -0.05) is 0 Å². The van der Waals surface area contributed by atoms with Gasteiger partial charge in [0, 0.05) is 30.3 Å². The van der Waals surface area contributed by atoms with Crippen molar-refractivity contribution >= 4 is 11.5 Å². The van der Waals surface area contributed by atoms with Crippen molar-refractivity contribution in [3.63, 3.8) is 0 Å². The molecule has 0 amide bonds. The molecule has 2 atom stereocenters. The van der Waals surface area contributed by atoms with Crippen molar-refractivity contribution in [3.8, 4) is 5.75 Å². The summed E-state index contributed by atoms with van der Waals surface area (Å²) in [4.78, 5) is 15.7. The molecule has 2 N–H and O–H groups in total. The molecule has 3 aliphatic rings. The number of ether oxygens (including phenoxy) is 1. The highest BCUT2D eigenvalue weighted by Crippen LogP contribution is 2.41. The zero-order valence-electron chi connectivity index (χ0n) is 16.2. The summed E-state index contributed by atoms with van der Waals surface area (Å²) in [5.41, 5.74) is 9.12. The highest BCUT2D eigenvalue weighted by molar-refractivity contribution is 6.14. The van der Waals surface area contributed by atoms with Crippen molar-refractivity contribution in [3.05, 3.63) is 47.2 Å². The van der Waals surface area contributed by atoms with Crippen LogP contribution >= 0.6 is 0 Å². The molecular formula is C21H24FN5O. The van der Waals surface area contributed by atoms with Gasteiger partial charge in [0.05, 0.1) is 18.0 Å². The number of benzene rings is 1. The van der Waals surface area contributed by atoms with E-state index in [0.29, 0.717) is 18.3 Å². The molecule has 7 heteroatoms. The molecule has 1 saturated heterocycles. The third-order valence-electron chi connectivity index (χ3n) is 5.93. The van der Waals surface area contributed by atoms with E-state index in [1.807, 2.05) is 13.0 Å². The number of halogens is 1. The van der Waals surface area contributed by atoms with E-state index in [0.717, 1.165) is 54.2 Å². The molecule has 0 radical (unpaired) electrons. The van der Waals surface area contributed by atoms with E-state index < -0.39 is 0 Å². The molecule has 3 heterocycles. The number of hydrogen-bond donors (Lipinski definition) is 1. The minimum Gasteiger partial charge on any atom is -0.484 e. The minimum absolute atomic E-state index is 0.157. The van der Waals surface area contributed by atoms with Crippen molar-refractivity contribution in [2.75, 3.05) is 11.4 Å². The maximum atomic E-state index is 14.5. The summed E-state index contributed by atoms with van der Waals surface area (Å²) in [7, 11) is 0. The van der Waals surface area contributed by atoms with Crippen molar-refractivity contribution in [2.24, 2.45) is 10.7 Å². The van der Waals surface area contributed by atoms with E-state index in [1.165, 1.54) is 6.07 Å². The average molecular weight is 381 g/mol. The van der Waals surface area contributed by atoms with Gasteiger partial charge in [-0.05, 0) is 50.8 Å². The van der Waals surface area contributed by atoms with Gasteiger partial charge in [-0.3, -0.25) is 4.99 Å². The number of aromatic nitrogens is 2. The van der Waals surface area contributed by atoms with Crippen LogP contribution in [0.25, 0.3) is 0 Å². The largest absolute Gasteiger partial charge is 0.484 e. The zero-order chi connectivity index (χ0) is 19.5. The van der Waals surface area contributed by atoms with Gasteiger partial charge in [-0.2, -0.15) is 0 Å². The van der Waals surface area contributed by atoms with Crippen LogP contribution in [0.4, 0.5) is 10.2 Å². The van der Waals surface area contributed by atoms with Crippen molar-refractivity contribution in [1.29, 1.82) is 0 Å². The summed E-state index contributed by atoms with van der Waals surface area (Å²) >= 11 is 0. The predicted molar refractivity (Wildman–Crippen MR) is 105 cm³/mol. The molecule has 0 spiro atoms. The van der Waals surface area contributed by atoms with E-state index in [-0.39, 0.29) is 17.5 Å². The SMILES string of the molecule is C[C@H]1C[C@@H](N)CN1c1cc(C2=NCc3cc(F)c(OC4(C)CC4)cc32)ncn1. The number of rotatable bonds is 4. The lowest BCUT2D eigenvalue weighted by atomic mass is 10.0. The highest BCUT2D eigenvalue weighted by Gasteiger charge is 2.41. The van der Waals surface area contributed by atoms with Gasteiger partial charge >= 0.3 is 0 Å². The topological polar surface area (TPSA) is 76.6 Å². The summed E-state index contributed by atoms with van der Waals surface area (Å²) in [5, 5.41) is 0. The Kier molecular flexibility index (Phi) is 3.91. The van der Waals surface area contributed by atoms with Crippen molar-refractivity contribution in [2.45, 2.75) is 57.3 Å².